The molecule has 0 amide bonds. The average Bonchev–Trinajstić information content (AvgIpc) is 2.61. The molecule has 0 radical (unpaired) electrons. The number of aromatic nitrogens is 1. The van der Waals surface area contributed by atoms with Crippen LogP contribution in [0.25, 0.3) is 11.3 Å². The minimum atomic E-state index is -0.267. The van der Waals surface area contributed by atoms with Crippen molar-refractivity contribution in [3.05, 3.63) is 40.0 Å². The van der Waals surface area contributed by atoms with Gasteiger partial charge in [0.15, 0.2) is 0 Å². The van der Waals surface area contributed by atoms with E-state index >= 15 is 0 Å². The van der Waals surface area contributed by atoms with Gasteiger partial charge in [-0.15, -0.1) is 11.3 Å². The molecule has 2 aromatic rings. The third-order valence-corrected chi connectivity index (χ3v) is 3.02. The molecular weight excluding hydrogens is 213 g/mol. The SMILES string of the molecule is Cc1nc(-c2ccc(F)cc2)c(CO)s1. The van der Waals surface area contributed by atoms with E-state index < -0.39 is 0 Å². The Hall–Kier alpha value is -1.26. The molecule has 15 heavy (non-hydrogen) atoms. The Morgan fingerprint density at radius 1 is 1.33 bits per heavy atom. The summed E-state index contributed by atoms with van der Waals surface area (Å²) in [7, 11) is 0. The van der Waals surface area contributed by atoms with E-state index in [1.54, 1.807) is 12.1 Å². The van der Waals surface area contributed by atoms with Crippen LogP contribution in [0.5, 0.6) is 0 Å². The molecule has 0 saturated carbocycles. The van der Waals surface area contributed by atoms with Crippen molar-refractivity contribution in [1.29, 1.82) is 0 Å². The van der Waals surface area contributed by atoms with Gasteiger partial charge < -0.3 is 5.11 Å². The van der Waals surface area contributed by atoms with Crippen LogP contribution in [0.3, 0.4) is 0 Å². The molecule has 2 rings (SSSR count). The van der Waals surface area contributed by atoms with Crippen LogP contribution >= 0.6 is 11.3 Å². The van der Waals surface area contributed by atoms with Gasteiger partial charge in [0.1, 0.15) is 5.82 Å². The number of aliphatic hydroxyl groups is 1. The zero-order valence-corrected chi connectivity index (χ0v) is 9.01. The Kier molecular flexibility index (Phi) is 2.79. The molecule has 0 aliphatic carbocycles. The summed E-state index contributed by atoms with van der Waals surface area (Å²) in [6.07, 6.45) is 0. The first kappa shape index (κ1) is 10.3. The van der Waals surface area contributed by atoms with Crippen molar-refractivity contribution in [1.82, 2.24) is 4.98 Å². The summed E-state index contributed by atoms with van der Waals surface area (Å²) in [6, 6.07) is 6.13. The highest BCUT2D eigenvalue weighted by Crippen LogP contribution is 2.27. The van der Waals surface area contributed by atoms with Crippen LogP contribution in [0.15, 0.2) is 24.3 Å². The Morgan fingerprint density at radius 2 is 2.00 bits per heavy atom. The Bertz CT molecular complexity index is 464. The first-order valence-electron chi connectivity index (χ1n) is 4.54. The number of nitrogens with zero attached hydrogens (tertiary/aromatic N) is 1. The molecule has 4 heteroatoms. The summed E-state index contributed by atoms with van der Waals surface area (Å²) in [6.45, 7) is 1.86. The largest absolute Gasteiger partial charge is 0.391 e. The van der Waals surface area contributed by atoms with Crippen molar-refractivity contribution >= 4 is 11.3 Å². The van der Waals surface area contributed by atoms with Gasteiger partial charge in [0.05, 0.1) is 22.2 Å². The second-order valence-electron chi connectivity index (χ2n) is 3.17. The number of thiazole rings is 1. The van der Waals surface area contributed by atoms with Gasteiger partial charge in [0, 0.05) is 5.56 Å². The van der Waals surface area contributed by atoms with Crippen LogP contribution in [0.1, 0.15) is 9.88 Å². The molecular formula is C11H10FNOS. The van der Waals surface area contributed by atoms with Crippen LogP contribution in [0.2, 0.25) is 0 Å². The predicted octanol–water partition coefficient (Wildman–Crippen LogP) is 2.75. The number of aliphatic hydroxyl groups excluding tert-OH is 1. The van der Waals surface area contributed by atoms with Gasteiger partial charge in [-0.25, -0.2) is 9.37 Å². The van der Waals surface area contributed by atoms with Crippen LogP contribution in [0.4, 0.5) is 4.39 Å². The molecule has 1 N–H and O–H groups in total. The smallest absolute Gasteiger partial charge is 0.123 e. The summed E-state index contributed by atoms with van der Waals surface area (Å²) in [5.74, 6) is -0.267. The quantitative estimate of drug-likeness (QED) is 0.849. The first-order valence-corrected chi connectivity index (χ1v) is 5.35. The fraction of sp³-hybridized carbons (Fsp3) is 0.182. The van der Waals surface area contributed by atoms with Crippen molar-refractivity contribution in [3.8, 4) is 11.3 Å². The topological polar surface area (TPSA) is 33.1 Å². The summed E-state index contributed by atoms with van der Waals surface area (Å²) in [5, 5.41) is 10.0. The fourth-order valence-electron chi connectivity index (χ4n) is 1.41. The van der Waals surface area contributed by atoms with Gasteiger partial charge in [-0.05, 0) is 31.2 Å². The van der Waals surface area contributed by atoms with Gasteiger partial charge >= 0.3 is 0 Å². The number of halogens is 1. The van der Waals surface area contributed by atoms with Crippen LogP contribution in [-0.4, -0.2) is 10.1 Å². The van der Waals surface area contributed by atoms with E-state index in [0.29, 0.717) is 0 Å². The summed E-state index contributed by atoms with van der Waals surface area (Å²) in [5.41, 5.74) is 1.59. The second kappa shape index (κ2) is 4.08. The zero-order valence-electron chi connectivity index (χ0n) is 8.20. The number of benzene rings is 1. The maximum absolute atomic E-state index is 12.7. The van der Waals surface area contributed by atoms with E-state index in [4.69, 9.17) is 5.11 Å². The van der Waals surface area contributed by atoms with E-state index in [1.807, 2.05) is 6.92 Å². The predicted molar refractivity (Wildman–Crippen MR) is 58.2 cm³/mol. The lowest BCUT2D eigenvalue weighted by Crippen LogP contribution is -1.85. The van der Waals surface area contributed by atoms with Gasteiger partial charge in [0.2, 0.25) is 0 Å². The highest BCUT2D eigenvalue weighted by molar-refractivity contribution is 7.12. The van der Waals surface area contributed by atoms with Crippen molar-refractivity contribution < 1.29 is 9.50 Å². The van der Waals surface area contributed by atoms with Crippen LogP contribution < -0.4 is 0 Å². The van der Waals surface area contributed by atoms with Crippen molar-refractivity contribution in [2.24, 2.45) is 0 Å². The minimum Gasteiger partial charge on any atom is -0.391 e. The number of aryl methyl sites for hydroxylation is 1. The first-order chi connectivity index (χ1) is 7.20. The van der Waals surface area contributed by atoms with Crippen molar-refractivity contribution in [3.63, 3.8) is 0 Å². The highest BCUT2D eigenvalue weighted by Gasteiger charge is 2.09. The molecule has 1 heterocycles. The standard InChI is InChI=1S/C11H10FNOS/c1-7-13-11(10(6-14)15-7)8-2-4-9(12)5-3-8/h2-5,14H,6H2,1H3. The van der Waals surface area contributed by atoms with E-state index in [2.05, 4.69) is 4.98 Å². The Balaban J connectivity index is 2.48. The van der Waals surface area contributed by atoms with Gasteiger partial charge in [0.25, 0.3) is 0 Å². The van der Waals surface area contributed by atoms with Crippen LogP contribution in [0, 0.1) is 12.7 Å². The maximum Gasteiger partial charge on any atom is 0.123 e. The number of hydrogen-bond acceptors (Lipinski definition) is 3. The molecule has 0 atom stereocenters. The van der Waals surface area contributed by atoms with E-state index in [0.717, 1.165) is 21.1 Å². The zero-order chi connectivity index (χ0) is 10.8. The molecule has 0 saturated heterocycles. The van der Waals surface area contributed by atoms with E-state index in [9.17, 15) is 4.39 Å². The van der Waals surface area contributed by atoms with Gasteiger partial charge in [-0.2, -0.15) is 0 Å². The molecule has 0 fully saturated rings. The second-order valence-corrected chi connectivity index (χ2v) is 4.46. The van der Waals surface area contributed by atoms with Gasteiger partial charge in [-0.3, -0.25) is 0 Å². The van der Waals surface area contributed by atoms with Crippen LogP contribution in [-0.2, 0) is 6.61 Å². The molecule has 0 aliphatic rings. The number of rotatable bonds is 2. The highest BCUT2D eigenvalue weighted by atomic mass is 32.1. The third-order valence-electron chi connectivity index (χ3n) is 2.07. The average molecular weight is 223 g/mol. The molecule has 0 bridgehead atoms. The molecule has 0 spiro atoms. The lowest BCUT2D eigenvalue weighted by atomic mass is 10.1. The molecule has 0 unspecified atom stereocenters. The molecule has 2 nitrogen and oxygen atoms in total. The minimum absolute atomic E-state index is 0.0295. The normalized spacial score (nSPS) is 10.6. The summed E-state index contributed by atoms with van der Waals surface area (Å²) in [4.78, 5) is 5.14. The molecule has 1 aromatic carbocycles. The molecule has 1 aromatic heterocycles. The Labute approximate surface area is 91.0 Å². The number of hydrogen-bond donors (Lipinski definition) is 1. The lowest BCUT2D eigenvalue weighted by molar-refractivity contribution is 0.286. The monoisotopic (exact) mass is 223 g/mol. The molecule has 0 aliphatic heterocycles. The Morgan fingerprint density at radius 3 is 2.60 bits per heavy atom. The summed E-state index contributed by atoms with van der Waals surface area (Å²) >= 11 is 1.46. The van der Waals surface area contributed by atoms with Crippen molar-refractivity contribution in [2.45, 2.75) is 13.5 Å². The maximum atomic E-state index is 12.7. The third kappa shape index (κ3) is 2.06. The van der Waals surface area contributed by atoms with Gasteiger partial charge in [-0.1, -0.05) is 0 Å². The fourth-order valence-corrected chi connectivity index (χ4v) is 2.23. The van der Waals surface area contributed by atoms with Crippen molar-refractivity contribution in [2.75, 3.05) is 0 Å². The molecule has 78 valence electrons. The summed E-state index contributed by atoms with van der Waals surface area (Å²) < 4.78 is 12.7. The van der Waals surface area contributed by atoms with E-state index in [-0.39, 0.29) is 12.4 Å². The lowest BCUT2D eigenvalue weighted by Gasteiger charge is -1.99. The van der Waals surface area contributed by atoms with E-state index in [1.165, 1.54) is 23.5 Å².